The van der Waals surface area contributed by atoms with E-state index >= 15 is 0 Å². The Kier molecular flexibility index (Phi) is 8.94. The number of rotatable bonds is 7. The van der Waals surface area contributed by atoms with Crippen molar-refractivity contribution in [3.63, 3.8) is 0 Å². The molecule has 2 fully saturated rings. The fourth-order valence-corrected chi connectivity index (χ4v) is 8.36. The van der Waals surface area contributed by atoms with Gasteiger partial charge in [-0.25, -0.2) is 13.2 Å². The Hall–Kier alpha value is -3.37. The van der Waals surface area contributed by atoms with Crippen LogP contribution in [0.1, 0.15) is 61.3 Å². The lowest BCUT2D eigenvalue weighted by atomic mass is 9.96. The molecule has 2 atom stereocenters. The van der Waals surface area contributed by atoms with E-state index in [4.69, 9.17) is 0 Å². The number of aromatic nitrogens is 1. The van der Waals surface area contributed by atoms with Crippen molar-refractivity contribution in [2.75, 3.05) is 19.6 Å². The van der Waals surface area contributed by atoms with Crippen molar-refractivity contribution in [1.29, 1.82) is 0 Å². The quantitative estimate of drug-likeness (QED) is 0.373. The minimum atomic E-state index is -4.01. The van der Waals surface area contributed by atoms with E-state index in [1.165, 1.54) is 6.42 Å². The number of nitrogens with zero attached hydrogens (tertiary/aromatic N) is 2. The fraction of sp³-hybridized carbons (Fsp3) is 0.500. The third-order valence-electron chi connectivity index (χ3n) is 8.70. The molecule has 1 aliphatic carbocycles. The topological polar surface area (TPSA) is 115 Å². The molecule has 2 aromatic carbocycles. The van der Waals surface area contributed by atoms with Gasteiger partial charge in [0.2, 0.25) is 15.9 Å². The molecule has 10 heteroatoms. The normalized spacial score (nSPS) is 19.2. The molecule has 0 bridgehead atoms. The van der Waals surface area contributed by atoms with Crippen LogP contribution in [0.2, 0.25) is 0 Å². The molecule has 1 saturated carbocycles. The number of fused-ring (bicyclic) bond motifs is 1. The number of hydrogen-bond acceptors (Lipinski definition) is 4. The van der Waals surface area contributed by atoms with E-state index in [9.17, 15) is 18.0 Å². The smallest absolute Gasteiger partial charge is 0.317 e. The minimum Gasteiger partial charge on any atom is -0.361 e. The average Bonchev–Trinajstić information content (AvgIpc) is 3.34. The average molecular weight is 594 g/mol. The van der Waals surface area contributed by atoms with Gasteiger partial charge in [-0.15, -0.1) is 0 Å². The van der Waals surface area contributed by atoms with Crippen LogP contribution in [0.25, 0.3) is 10.9 Å². The van der Waals surface area contributed by atoms with Crippen molar-refractivity contribution < 1.29 is 18.0 Å². The standard InChI is InChI=1S/C32H43N5O4S/c1-21-16-22(2)30(23(3)17-21)42(40,41)35-29(18-25-19-33-28-13-9-8-12-27(25)28)31(38)36-14-15-37(24(4)20-36)32(39)34-26-10-6-5-7-11-26/h8-9,12-13,16-17,19,24,26,29,33,35H,5-7,10-11,14-15,18,20H2,1-4H3,(H,34,39). The molecule has 0 radical (unpaired) electrons. The zero-order chi connectivity index (χ0) is 30.0. The summed E-state index contributed by atoms with van der Waals surface area (Å²) in [5, 5.41) is 4.14. The van der Waals surface area contributed by atoms with E-state index in [0.29, 0.717) is 30.8 Å². The van der Waals surface area contributed by atoms with Gasteiger partial charge in [0.15, 0.2) is 0 Å². The van der Waals surface area contributed by atoms with E-state index in [-0.39, 0.29) is 35.3 Å². The van der Waals surface area contributed by atoms with Crippen LogP contribution < -0.4 is 10.0 Å². The lowest BCUT2D eigenvalue weighted by Gasteiger charge is -2.41. The van der Waals surface area contributed by atoms with Crippen molar-refractivity contribution in [3.05, 3.63) is 64.8 Å². The van der Waals surface area contributed by atoms with Crippen LogP contribution >= 0.6 is 0 Å². The van der Waals surface area contributed by atoms with Crippen molar-refractivity contribution in [2.24, 2.45) is 0 Å². The molecule has 2 heterocycles. The van der Waals surface area contributed by atoms with Gasteiger partial charge < -0.3 is 20.1 Å². The van der Waals surface area contributed by atoms with Gasteiger partial charge in [0.05, 0.1) is 4.90 Å². The number of aromatic amines is 1. The van der Waals surface area contributed by atoms with E-state index in [1.54, 1.807) is 23.6 Å². The molecule has 226 valence electrons. The largest absolute Gasteiger partial charge is 0.361 e. The predicted molar refractivity (Wildman–Crippen MR) is 165 cm³/mol. The summed E-state index contributed by atoms with van der Waals surface area (Å²) in [7, 11) is -4.01. The van der Waals surface area contributed by atoms with Gasteiger partial charge in [-0.2, -0.15) is 4.72 Å². The molecule has 3 amide bonds. The molecule has 3 N–H and O–H groups in total. The van der Waals surface area contributed by atoms with Gasteiger partial charge in [0.1, 0.15) is 6.04 Å². The number of benzene rings is 2. The number of aryl methyl sites for hydroxylation is 3. The highest BCUT2D eigenvalue weighted by Crippen LogP contribution is 2.25. The first-order chi connectivity index (χ1) is 20.0. The molecule has 1 aliphatic heterocycles. The van der Waals surface area contributed by atoms with Crippen LogP contribution in [0.4, 0.5) is 4.79 Å². The summed E-state index contributed by atoms with van der Waals surface area (Å²) in [6, 6.07) is 10.4. The summed E-state index contributed by atoms with van der Waals surface area (Å²) >= 11 is 0. The van der Waals surface area contributed by atoms with Gasteiger partial charge in [-0.3, -0.25) is 4.79 Å². The van der Waals surface area contributed by atoms with E-state index in [1.807, 2.05) is 56.4 Å². The second kappa shape index (κ2) is 12.5. The number of sulfonamides is 1. The van der Waals surface area contributed by atoms with Crippen LogP contribution in [0, 0.1) is 20.8 Å². The Bertz CT molecular complexity index is 1540. The molecular formula is C32H43N5O4S. The number of nitrogens with one attached hydrogen (secondary N) is 3. The Morgan fingerprint density at radius 2 is 1.71 bits per heavy atom. The Morgan fingerprint density at radius 3 is 2.40 bits per heavy atom. The fourth-order valence-electron chi connectivity index (χ4n) is 6.72. The zero-order valence-corrected chi connectivity index (χ0v) is 25.9. The van der Waals surface area contributed by atoms with Crippen molar-refractivity contribution in [1.82, 2.24) is 24.8 Å². The Balaban J connectivity index is 1.37. The summed E-state index contributed by atoms with van der Waals surface area (Å²) in [5.74, 6) is -0.287. The first-order valence-corrected chi connectivity index (χ1v) is 16.5. The molecule has 1 saturated heterocycles. The molecule has 3 aromatic rings. The zero-order valence-electron chi connectivity index (χ0n) is 25.1. The lowest BCUT2D eigenvalue weighted by Crippen LogP contribution is -2.61. The van der Waals surface area contributed by atoms with E-state index < -0.39 is 16.1 Å². The highest BCUT2D eigenvalue weighted by Gasteiger charge is 2.36. The van der Waals surface area contributed by atoms with Crippen molar-refractivity contribution >= 4 is 32.9 Å². The number of urea groups is 1. The molecule has 0 spiro atoms. The second-order valence-electron chi connectivity index (χ2n) is 12.1. The number of piperazine rings is 1. The summed E-state index contributed by atoms with van der Waals surface area (Å²) in [5.41, 5.74) is 4.06. The molecule has 2 aliphatic rings. The molecule has 5 rings (SSSR count). The maximum atomic E-state index is 14.1. The number of para-hydroxylation sites is 1. The molecule has 9 nitrogen and oxygen atoms in total. The van der Waals surface area contributed by atoms with Crippen LogP contribution in [0.15, 0.2) is 47.5 Å². The molecule has 42 heavy (non-hydrogen) atoms. The maximum Gasteiger partial charge on any atom is 0.317 e. The summed E-state index contributed by atoms with van der Waals surface area (Å²) in [6.45, 7) is 8.52. The highest BCUT2D eigenvalue weighted by molar-refractivity contribution is 7.89. The SMILES string of the molecule is Cc1cc(C)c(S(=O)(=O)NC(Cc2c[nH]c3ccccc23)C(=O)N2CCN(C(=O)NC3CCCCC3)C(C)C2)c(C)c1. The second-order valence-corrected chi connectivity index (χ2v) is 13.7. The van der Waals surface area contributed by atoms with E-state index in [0.717, 1.165) is 47.7 Å². The van der Waals surface area contributed by atoms with Gasteiger partial charge in [-0.1, -0.05) is 55.2 Å². The van der Waals surface area contributed by atoms with Gasteiger partial charge in [0.25, 0.3) is 0 Å². The van der Waals surface area contributed by atoms with Crippen LogP contribution in [0.3, 0.4) is 0 Å². The van der Waals surface area contributed by atoms with Crippen LogP contribution in [0.5, 0.6) is 0 Å². The van der Waals surface area contributed by atoms with Crippen LogP contribution in [-0.4, -0.2) is 72.9 Å². The third-order valence-corrected chi connectivity index (χ3v) is 10.5. The Labute approximate surface area is 249 Å². The number of carbonyl (C=O) groups excluding carboxylic acids is 2. The van der Waals surface area contributed by atoms with E-state index in [2.05, 4.69) is 15.0 Å². The molecular weight excluding hydrogens is 550 g/mol. The third kappa shape index (κ3) is 6.49. The summed E-state index contributed by atoms with van der Waals surface area (Å²) in [6.07, 6.45) is 7.55. The molecule has 2 unspecified atom stereocenters. The lowest BCUT2D eigenvalue weighted by molar-refractivity contribution is -0.135. The maximum absolute atomic E-state index is 14.1. The van der Waals surface area contributed by atoms with Gasteiger partial charge in [0, 0.05) is 48.8 Å². The van der Waals surface area contributed by atoms with Crippen LogP contribution in [-0.2, 0) is 21.2 Å². The van der Waals surface area contributed by atoms with Crippen molar-refractivity contribution in [3.8, 4) is 0 Å². The first-order valence-electron chi connectivity index (χ1n) is 15.0. The number of carbonyl (C=O) groups is 2. The van der Waals surface area contributed by atoms with Crippen molar-refractivity contribution in [2.45, 2.75) is 89.2 Å². The molecule has 1 aromatic heterocycles. The Morgan fingerprint density at radius 1 is 1.02 bits per heavy atom. The van der Waals surface area contributed by atoms with Gasteiger partial charge >= 0.3 is 6.03 Å². The minimum absolute atomic E-state index is 0.0807. The predicted octanol–water partition coefficient (Wildman–Crippen LogP) is 4.56. The first kappa shape index (κ1) is 30.1. The monoisotopic (exact) mass is 593 g/mol. The summed E-state index contributed by atoms with van der Waals surface area (Å²) in [4.78, 5) is 34.1. The summed E-state index contributed by atoms with van der Waals surface area (Å²) < 4.78 is 30.4. The number of H-pyrrole nitrogens is 1. The highest BCUT2D eigenvalue weighted by atomic mass is 32.2. The number of amides is 3. The number of hydrogen-bond donors (Lipinski definition) is 3. The van der Waals surface area contributed by atoms with Gasteiger partial charge in [-0.05, 0) is 69.7 Å².